The standard InChI is InChI=1S/C12H12BrClO2/c1-12(15,11-3-2-6-16-11)9-5-4-8(13)7-10(9)14/h3-5,7,15H,2,6H2,1H3. The van der Waals surface area contributed by atoms with Gasteiger partial charge in [0.2, 0.25) is 0 Å². The lowest BCUT2D eigenvalue weighted by atomic mass is 9.93. The van der Waals surface area contributed by atoms with E-state index in [9.17, 15) is 5.11 Å². The topological polar surface area (TPSA) is 29.5 Å². The van der Waals surface area contributed by atoms with Crippen molar-refractivity contribution in [2.45, 2.75) is 18.9 Å². The number of hydrogen-bond donors (Lipinski definition) is 1. The van der Waals surface area contributed by atoms with Crippen molar-refractivity contribution in [3.63, 3.8) is 0 Å². The fourth-order valence-electron chi connectivity index (χ4n) is 1.77. The average molecular weight is 304 g/mol. The molecule has 0 saturated carbocycles. The van der Waals surface area contributed by atoms with Gasteiger partial charge in [0, 0.05) is 21.5 Å². The summed E-state index contributed by atoms with van der Waals surface area (Å²) in [6.45, 7) is 2.32. The van der Waals surface area contributed by atoms with E-state index in [-0.39, 0.29) is 0 Å². The third kappa shape index (κ3) is 2.12. The van der Waals surface area contributed by atoms with E-state index in [2.05, 4.69) is 15.9 Å². The molecule has 1 aromatic carbocycles. The molecule has 1 aromatic rings. The molecule has 0 aromatic heterocycles. The Balaban J connectivity index is 2.42. The molecule has 0 fully saturated rings. The number of hydrogen-bond acceptors (Lipinski definition) is 2. The molecule has 86 valence electrons. The third-order valence-electron chi connectivity index (χ3n) is 2.64. The first-order valence-electron chi connectivity index (χ1n) is 5.03. The minimum Gasteiger partial charge on any atom is -0.495 e. The SMILES string of the molecule is CC(O)(C1=CCCO1)c1ccc(Br)cc1Cl. The van der Waals surface area contributed by atoms with Crippen LogP contribution in [0.5, 0.6) is 0 Å². The first-order chi connectivity index (χ1) is 7.51. The van der Waals surface area contributed by atoms with E-state index in [0.29, 0.717) is 23.0 Å². The van der Waals surface area contributed by atoms with Crippen molar-refractivity contribution < 1.29 is 9.84 Å². The smallest absolute Gasteiger partial charge is 0.145 e. The van der Waals surface area contributed by atoms with Crippen molar-refractivity contribution in [3.05, 3.63) is 45.1 Å². The van der Waals surface area contributed by atoms with Gasteiger partial charge in [-0.25, -0.2) is 0 Å². The minimum absolute atomic E-state index is 0.524. The Morgan fingerprint density at radius 1 is 1.50 bits per heavy atom. The molecule has 16 heavy (non-hydrogen) atoms. The normalized spacial score (nSPS) is 18.9. The Morgan fingerprint density at radius 2 is 2.25 bits per heavy atom. The Hall–Kier alpha value is -0.510. The molecule has 0 radical (unpaired) electrons. The lowest BCUT2D eigenvalue weighted by Gasteiger charge is -2.25. The highest BCUT2D eigenvalue weighted by molar-refractivity contribution is 9.10. The summed E-state index contributed by atoms with van der Waals surface area (Å²) < 4.78 is 6.29. The van der Waals surface area contributed by atoms with Gasteiger partial charge in [0.1, 0.15) is 11.4 Å². The van der Waals surface area contributed by atoms with Crippen LogP contribution in [0.3, 0.4) is 0 Å². The van der Waals surface area contributed by atoms with Crippen molar-refractivity contribution in [1.82, 2.24) is 0 Å². The molecule has 2 rings (SSSR count). The second-order valence-corrected chi connectivity index (χ2v) is 5.22. The van der Waals surface area contributed by atoms with Gasteiger partial charge in [0.15, 0.2) is 0 Å². The molecule has 1 atom stereocenters. The lowest BCUT2D eigenvalue weighted by molar-refractivity contribution is 0.0318. The predicted molar refractivity (Wildman–Crippen MR) is 67.4 cm³/mol. The molecule has 1 N–H and O–H groups in total. The van der Waals surface area contributed by atoms with Gasteiger partial charge in [-0.05, 0) is 25.1 Å². The van der Waals surface area contributed by atoms with Crippen LogP contribution in [0.2, 0.25) is 5.02 Å². The zero-order valence-corrected chi connectivity index (χ0v) is 11.2. The van der Waals surface area contributed by atoms with Crippen LogP contribution < -0.4 is 0 Å². The number of ether oxygens (including phenoxy) is 1. The van der Waals surface area contributed by atoms with E-state index in [0.717, 1.165) is 10.9 Å². The zero-order valence-electron chi connectivity index (χ0n) is 8.84. The molecule has 1 unspecified atom stereocenters. The third-order valence-corrected chi connectivity index (χ3v) is 3.45. The maximum Gasteiger partial charge on any atom is 0.145 e. The van der Waals surface area contributed by atoms with Gasteiger partial charge in [-0.15, -0.1) is 0 Å². The van der Waals surface area contributed by atoms with Crippen LogP contribution in [-0.4, -0.2) is 11.7 Å². The van der Waals surface area contributed by atoms with Gasteiger partial charge in [0.25, 0.3) is 0 Å². The minimum atomic E-state index is -1.16. The summed E-state index contributed by atoms with van der Waals surface area (Å²) >= 11 is 9.45. The fraction of sp³-hybridized carbons (Fsp3) is 0.333. The molecule has 0 saturated heterocycles. The van der Waals surface area contributed by atoms with Crippen LogP contribution in [0.25, 0.3) is 0 Å². The van der Waals surface area contributed by atoms with Crippen molar-refractivity contribution in [3.8, 4) is 0 Å². The van der Waals surface area contributed by atoms with Gasteiger partial charge in [0.05, 0.1) is 6.61 Å². The number of benzene rings is 1. The summed E-state index contributed by atoms with van der Waals surface area (Å²) in [6, 6.07) is 5.42. The molecule has 1 aliphatic rings. The lowest BCUT2D eigenvalue weighted by Crippen LogP contribution is -2.24. The summed E-state index contributed by atoms with van der Waals surface area (Å²) in [5.41, 5.74) is -0.501. The van der Waals surface area contributed by atoms with Crippen molar-refractivity contribution >= 4 is 27.5 Å². The largest absolute Gasteiger partial charge is 0.495 e. The maximum atomic E-state index is 10.5. The summed E-state index contributed by atoms with van der Waals surface area (Å²) in [7, 11) is 0. The summed E-state index contributed by atoms with van der Waals surface area (Å²) in [5, 5.41) is 11.0. The average Bonchev–Trinajstić information content (AvgIpc) is 2.69. The molecule has 0 amide bonds. The quantitative estimate of drug-likeness (QED) is 0.904. The van der Waals surface area contributed by atoms with E-state index in [1.54, 1.807) is 19.1 Å². The Labute approximate surface area is 108 Å². The van der Waals surface area contributed by atoms with Crippen molar-refractivity contribution in [2.75, 3.05) is 6.61 Å². The highest BCUT2D eigenvalue weighted by Gasteiger charge is 2.33. The van der Waals surface area contributed by atoms with Crippen LogP contribution >= 0.6 is 27.5 Å². The van der Waals surface area contributed by atoms with Crippen molar-refractivity contribution in [1.29, 1.82) is 0 Å². The fourth-order valence-corrected chi connectivity index (χ4v) is 2.63. The van der Waals surface area contributed by atoms with E-state index in [1.165, 1.54) is 0 Å². The first kappa shape index (κ1) is 12.0. The molecular formula is C12H12BrClO2. The maximum absolute atomic E-state index is 10.5. The molecule has 1 aliphatic heterocycles. The van der Waals surface area contributed by atoms with E-state index in [4.69, 9.17) is 16.3 Å². The van der Waals surface area contributed by atoms with E-state index >= 15 is 0 Å². The molecule has 4 heteroatoms. The highest BCUT2D eigenvalue weighted by Crippen LogP contribution is 2.37. The molecule has 1 heterocycles. The van der Waals surface area contributed by atoms with Gasteiger partial charge in [-0.3, -0.25) is 0 Å². The highest BCUT2D eigenvalue weighted by atomic mass is 79.9. The van der Waals surface area contributed by atoms with Crippen LogP contribution in [0, 0.1) is 0 Å². The second kappa shape index (κ2) is 4.40. The van der Waals surface area contributed by atoms with Crippen LogP contribution in [-0.2, 0) is 10.3 Å². The summed E-state index contributed by atoms with van der Waals surface area (Å²) in [6.07, 6.45) is 2.73. The first-order valence-corrected chi connectivity index (χ1v) is 6.20. The van der Waals surface area contributed by atoms with Gasteiger partial charge in [-0.1, -0.05) is 33.6 Å². The Bertz CT molecular complexity index is 441. The summed E-state index contributed by atoms with van der Waals surface area (Å²) in [5.74, 6) is 0.580. The monoisotopic (exact) mass is 302 g/mol. The van der Waals surface area contributed by atoms with E-state index < -0.39 is 5.60 Å². The van der Waals surface area contributed by atoms with Crippen LogP contribution in [0.1, 0.15) is 18.9 Å². The molecule has 2 nitrogen and oxygen atoms in total. The van der Waals surface area contributed by atoms with Crippen molar-refractivity contribution in [2.24, 2.45) is 0 Å². The van der Waals surface area contributed by atoms with E-state index in [1.807, 2.05) is 12.1 Å². The van der Waals surface area contributed by atoms with Gasteiger partial charge < -0.3 is 9.84 Å². The molecule has 0 aliphatic carbocycles. The van der Waals surface area contributed by atoms with Crippen LogP contribution in [0.15, 0.2) is 34.5 Å². The summed E-state index contributed by atoms with van der Waals surface area (Å²) in [4.78, 5) is 0. The number of rotatable bonds is 2. The number of halogens is 2. The molecule has 0 bridgehead atoms. The predicted octanol–water partition coefficient (Wildman–Crippen LogP) is 3.61. The van der Waals surface area contributed by atoms with Crippen LogP contribution in [0.4, 0.5) is 0 Å². The Morgan fingerprint density at radius 3 is 2.81 bits per heavy atom. The molecule has 0 spiro atoms. The zero-order chi connectivity index (χ0) is 11.8. The Kier molecular flexibility index (Phi) is 3.29. The second-order valence-electron chi connectivity index (χ2n) is 3.90. The van der Waals surface area contributed by atoms with Gasteiger partial charge >= 0.3 is 0 Å². The van der Waals surface area contributed by atoms with Gasteiger partial charge in [-0.2, -0.15) is 0 Å². The molecular weight excluding hydrogens is 291 g/mol. The number of aliphatic hydroxyl groups is 1.